The standard InChI is InChI=1S/C17H25N3O3/c1-12(21)9-17(2,3)11-18-15(22)10-20-14-8-6-5-7-13(14)19(4)16(20)23/h5-8,12,21H,9-11H2,1-4H3,(H,18,22). The first-order valence-electron chi connectivity index (χ1n) is 7.80. The fourth-order valence-electron chi connectivity index (χ4n) is 2.93. The Hall–Kier alpha value is -2.08. The van der Waals surface area contributed by atoms with E-state index in [1.807, 2.05) is 38.1 Å². The van der Waals surface area contributed by atoms with Crippen LogP contribution in [0.5, 0.6) is 0 Å². The second-order valence-corrected chi connectivity index (χ2v) is 6.91. The largest absolute Gasteiger partial charge is 0.393 e. The summed E-state index contributed by atoms with van der Waals surface area (Å²) in [5, 5.41) is 12.3. The molecule has 1 atom stereocenters. The highest BCUT2D eigenvalue weighted by atomic mass is 16.3. The van der Waals surface area contributed by atoms with Crippen molar-refractivity contribution in [1.29, 1.82) is 0 Å². The van der Waals surface area contributed by atoms with Crippen LogP contribution in [0.1, 0.15) is 27.2 Å². The summed E-state index contributed by atoms with van der Waals surface area (Å²) >= 11 is 0. The Morgan fingerprint density at radius 3 is 2.52 bits per heavy atom. The lowest BCUT2D eigenvalue weighted by Gasteiger charge is -2.26. The van der Waals surface area contributed by atoms with Crippen molar-refractivity contribution in [2.75, 3.05) is 6.54 Å². The SMILES string of the molecule is CC(O)CC(C)(C)CNC(=O)Cn1c(=O)n(C)c2ccccc21. The van der Waals surface area contributed by atoms with Gasteiger partial charge in [0.1, 0.15) is 6.54 Å². The van der Waals surface area contributed by atoms with Crippen LogP contribution in [0.3, 0.4) is 0 Å². The molecule has 2 N–H and O–H groups in total. The molecule has 0 aliphatic rings. The van der Waals surface area contributed by atoms with E-state index in [0.717, 1.165) is 11.0 Å². The predicted octanol–water partition coefficient (Wildman–Crippen LogP) is 1.25. The summed E-state index contributed by atoms with van der Waals surface area (Å²) in [7, 11) is 1.70. The Morgan fingerprint density at radius 2 is 1.91 bits per heavy atom. The number of imidazole rings is 1. The number of nitrogens with zero attached hydrogens (tertiary/aromatic N) is 2. The molecule has 1 aromatic carbocycles. The van der Waals surface area contributed by atoms with E-state index in [2.05, 4.69) is 5.32 Å². The molecule has 0 aliphatic carbocycles. The molecule has 6 heteroatoms. The number of carbonyl (C=O) groups is 1. The van der Waals surface area contributed by atoms with Crippen molar-refractivity contribution in [1.82, 2.24) is 14.5 Å². The Bertz CT molecular complexity index is 756. The maximum atomic E-state index is 12.3. The van der Waals surface area contributed by atoms with Gasteiger partial charge in [-0.3, -0.25) is 13.9 Å². The van der Waals surface area contributed by atoms with Crippen LogP contribution in [0.15, 0.2) is 29.1 Å². The van der Waals surface area contributed by atoms with Crippen LogP contribution in [0, 0.1) is 5.41 Å². The Labute approximate surface area is 135 Å². The van der Waals surface area contributed by atoms with Crippen LogP contribution in [0.25, 0.3) is 11.0 Å². The van der Waals surface area contributed by atoms with Crippen LogP contribution < -0.4 is 11.0 Å². The smallest absolute Gasteiger partial charge is 0.329 e. The molecule has 0 saturated carbocycles. The minimum atomic E-state index is -0.414. The van der Waals surface area contributed by atoms with Gasteiger partial charge in [-0.1, -0.05) is 26.0 Å². The molecule has 0 radical (unpaired) electrons. The molecule has 0 bridgehead atoms. The summed E-state index contributed by atoms with van der Waals surface area (Å²) in [6.07, 6.45) is 0.184. The van der Waals surface area contributed by atoms with Crippen molar-refractivity contribution < 1.29 is 9.90 Å². The number of fused-ring (bicyclic) bond motifs is 1. The molecule has 0 fully saturated rings. The summed E-state index contributed by atoms with van der Waals surface area (Å²) in [5.41, 5.74) is 1.15. The maximum Gasteiger partial charge on any atom is 0.329 e. The normalized spacial score (nSPS) is 13.3. The van der Waals surface area contributed by atoms with Crippen LogP contribution in [0.2, 0.25) is 0 Å². The third kappa shape index (κ3) is 4.01. The predicted molar refractivity (Wildman–Crippen MR) is 90.3 cm³/mol. The fourth-order valence-corrected chi connectivity index (χ4v) is 2.93. The van der Waals surface area contributed by atoms with Crippen LogP contribution in [-0.2, 0) is 18.4 Å². The number of rotatable bonds is 6. The quantitative estimate of drug-likeness (QED) is 0.841. The van der Waals surface area contributed by atoms with Gasteiger partial charge < -0.3 is 10.4 Å². The van der Waals surface area contributed by atoms with Crippen molar-refractivity contribution >= 4 is 16.9 Å². The molecule has 1 amide bonds. The van der Waals surface area contributed by atoms with Crippen LogP contribution in [0.4, 0.5) is 0 Å². The van der Waals surface area contributed by atoms with Crippen molar-refractivity contribution in [3.8, 4) is 0 Å². The first kappa shape index (κ1) is 17.3. The van der Waals surface area contributed by atoms with Gasteiger partial charge in [0.05, 0.1) is 17.1 Å². The number of hydrogen-bond donors (Lipinski definition) is 2. The van der Waals surface area contributed by atoms with Crippen LogP contribution in [-0.4, -0.2) is 32.8 Å². The maximum absolute atomic E-state index is 12.3. The summed E-state index contributed by atoms with van der Waals surface area (Å²) in [6.45, 7) is 6.16. The highest BCUT2D eigenvalue weighted by molar-refractivity contribution is 5.80. The van der Waals surface area contributed by atoms with Gasteiger partial charge >= 0.3 is 5.69 Å². The van der Waals surface area contributed by atoms with E-state index in [9.17, 15) is 14.7 Å². The second kappa shape index (κ2) is 6.58. The van der Waals surface area contributed by atoms with Crippen molar-refractivity contribution in [3.05, 3.63) is 34.7 Å². The minimum absolute atomic E-state index is 0.00898. The number of hydrogen-bond acceptors (Lipinski definition) is 3. The first-order chi connectivity index (χ1) is 10.7. The summed E-state index contributed by atoms with van der Waals surface area (Å²) < 4.78 is 3.02. The molecule has 2 rings (SSSR count). The van der Waals surface area contributed by atoms with Gasteiger partial charge in [0.2, 0.25) is 5.91 Å². The van der Waals surface area contributed by atoms with Gasteiger partial charge in [-0.2, -0.15) is 0 Å². The van der Waals surface area contributed by atoms with E-state index in [1.165, 1.54) is 4.57 Å². The number of nitrogens with one attached hydrogen (secondary N) is 1. The summed E-state index contributed by atoms with van der Waals surface area (Å²) in [5.74, 6) is -0.206. The zero-order chi connectivity index (χ0) is 17.2. The minimum Gasteiger partial charge on any atom is -0.393 e. The fraction of sp³-hybridized carbons (Fsp3) is 0.529. The van der Waals surface area contributed by atoms with E-state index in [4.69, 9.17) is 0 Å². The highest BCUT2D eigenvalue weighted by Gasteiger charge is 2.21. The average Bonchev–Trinajstić information content (AvgIpc) is 2.70. The average molecular weight is 319 g/mol. The monoisotopic (exact) mass is 319 g/mol. The van der Waals surface area contributed by atoms with Crippen molar-refractivity contribution in [2.45, 2.75) is 39.8 Å². The molecule has 0 aliphatic heterocycles. The van der Waals surface area contributed by atoms with E-state index in [0.29, 0.717) is 13.0 Å². The third-order valence-corrected chi connectivity index (χ3v) is 3.97. The zero-order valence-electron chi connectivity index (χ0n) is 14.2. The van der Waals surface area contributed by atoms with Gasteiger partial charge in [-0.25, -0.2) is 4.79 Å². The lowest BCUT2D eigenvalue weighted by Crippen LogP contribution is -2.38. The topological polar surface area (TPSA) is 76.3 Å². The van der Waals surface area contributed by atoms with Crippen molar-refractivity contribution in [3.63, 3.8) is 0 Å². The number of para-hydroxylation sites is 2. The number of aromatic nitrogens is 2. The lowest BCUT2D eigenvalue weighted by molar-refractivity contribution is -0.122. The lowest BCUT2D eigenvalue weighted by atomic mass is 9.87. The van der Waals surface area contributed by atoms with E-state index in [1.54, 1.807) is 18.5 Å². The summed E-state index contributed by atoms with van der Waals surface area (Å²) in [4.78, 5) is 24.5. The van der Waals surface area contributed by atoms with E-state index < -0.39 is 6.10 Å². The molecule has 23 heavy (non-hydrogen) atoms. The van der Waals surface area contributed by atoms with Crippen molar-refractivity contribution in [2.24, 2.45) is 12.5 Å². The molecule has 1 aromatic heterocycles. The molecule has 126 valence electrons. The Balaban J connectivity index is 2.10. The molecule has 0 spiro atoms. The molecular weight excluding hydrogens is 294 g/mol. The Kier molecular flexibility index (Phi) is 4.94. The number of amides is 1. The summed E-state index contributed by atoms with van der Waals surface area (Å²) in [6, 6.07) is 7.41. The molecule has 6 nitrogen and oxygen atoms in total. The first-order valence-corrected chi connectivity index (χ1v) is 7.80. The molecule has 1 unspecified atom stereocenters. The molecule has 2 aromatic rings. The van der Waals surface area contributed by atoms with Gasteiger partial charge in [0, 0.05) is 13.6 Å². The molecular formula is C17H25N3O3. The highest BCUT2D eigenvalue weighted by Crippen LogP contribution is 2.21. The number of aliphatic hydroxyl groups is 1. The number of carbonyl (C=O) groups excluding carboxylic acids is 1. The number of aliphatic hydroxyl groups excluding tert-OH is 1. The van der Waals surface area contributed by atoms with E-state index >= 15 is 0 Å². The molecule has 1 heterocycles. The zero-order valence-corrected chi connectivity index (χ0v) is 14.2. The number of aryl methyl sites for hydroxylation is 1. The van der Waals surface area contributed by atoms with Crippen LogP contribution >= 0.6 is 0 Å². The second-order valence-electron chi connectivity index (χ2n) is 6.91. The van der Waals surface area contributed by atoms with Gasteiger partial charge in [-0.05, 0) is 30.9 Å². The van der Waals surface area contributed by atoms with Gasteiger partial charge in [0.15, 0.2) is 0 Å². The molecule has 0 saturated heterocycles. The van der Waals surface area contributed by atoms with Gasteiger partial charge in [-0.15, -0.1) is 0 Å². The third-order valence-electron chi connectivity index (χ3n) is 3.97. The Morgan fingerprint density at radius 1 is 1.30 bits per heavy atom. The van der Waals surface area contributed by atoms with Gasteiger partial charge in [0.25, 0.3) is 0 Å². The van der Waals surface area contributed by atoms with E-state index in [-0.39, 0.29) is 23.6 Å². The number of benzene rings is 1.